The maximum atomic E-state index is 12.2. The van der Waals surface area contributed by atoms with Crippen LogP contribution in [0.2, 0.25) is 0 Å². The number of para-hydroxylation sites is 1. The van der Waals surface area contributed by atoms with Gasteiger partial charge in [-0.25, -0.2) is 0 Å². The van der Waals surface area contributed by atoms with Crippen LogP contribution in [0.5, 0.6) is 0 Å². The van der Waals surface area contributed by atoms with Crippen molar-refractivity contribution in [2.24, 2.45) is 0 Å². The summed E-state index contributed by atoms with van der Waals surface area (Å²) in [5.41, 5.74) is 5.20. The van der Waals surface area contributed by atoms with Crippen molar-refractivity contribution in [3.8, 4) is 0 Å². The van der Waals surface area contributed by atoms with Crippen LogP contribution in [-0.4, -0.2) is 38.8 Å². The summed E-state index contributed by atoms with van der Waals surface area (Å²) in [5.74, 6) is 0.411. The van der Waals surface area contributed by atoms with Crippen molar-refractivity contribution in [3.63, 3.8) is 0 Å². The highest BCUT2D eigenvalue weighted by Gasteiger charge is 2.31. The summed E-state index contributed by atoms with van der Waals surface area (Å²) < 4.78 is 12.0. The van der Waals surface area contributed by atoms with Crippen molar-refractivity contribution in [2.45, 2.75) is 13.0 Å². The Balaban J connectivity index is 2.01. The fourth-order valence-electron chi connectivity index (χ4n) is 3.80. The number of carbonyl (C=O) groups is 1. The Labute approximate surface area is 170 Å². The van der Waals surface area contributed by atoms with Gasteiger partial charge in [-0.05, 0) is 6.07 Å². The topological polar surface area (TPSA) is 71.6 Å². The van der Waals surface area contributed by atoms with E-state index in [1.807, 2.05) is 54.6 Å². The molecule has 29 heavy (non-hydrogen) atoms. The fraction of sp³-hybridized carbons (Fsp3) is 0.261. The predicted molar refractivity (Wildman–Crippen MR) is 114 cm³/mol. The maximum absolute atomic E-state index is 12.2. The van der Waals surface area contributed by atoms with E-state index in [0.717, 1.165) is 34.6 Å². The minimum absolute atomic E-state index is 0.164. The van der Waals surface area contributed by atoms with Crippen molar-refractivity contribution >= 4 is 22.9 Å². The van der Waals surface area contributed by atoms with Crippen LogP contribution in [0.25, 0.3) is 11.3 Å². The third kappa shape index (κ3) is 3.90. The Hall–Kier alpha value is -3.09. The van der Waals surface area contributed by atoms with Crippen LogP contribution >= 0.6 is 0 Å². The van der Waals surface area contributed by atoms with Crippen LogP contribution in [0.15, 0.2) is 66.1 Å². The SMILES string of the molecule is COC1=C(c2ccccc2)Nc2ccccc2C(C2CNCCO2)=C1NC(C)=O. The Kier molecular flexibility index (Phi) is 5.64. The third-order valence-corrected chi connectivity index (χ3v) is 5.02. The largest absolute Gasteiger partial charge is 0.492 e. The monoisotopic (exact) mass is 391 g/mol. The summed E-state index contributed by atoms with van der Waals surface area (Å²) in [7, 11) is 1.62. The molecule has 1 saturated heterocycles. The molecule has 0 aliphatic carbocycles. The van der Waals surface area contributed by atoms with E-state index < -0.39 is 0 Å². The standard InChI is InChI=1S/C23H25N3O3/c1-15(27)25-22-20(19-14-24-12-13-29-19)17-10-6-7-11-18(17)26-21(23(22)28-2)16-8-4-3-5-9-16/h3-11,19,24,26H,12-14H2,1-2H3,(H,25,27). The molecule has 2 aliphatic rings. The van der Waals surface area contributed by atoms with Crippen LogP contribution in [0.1, 0.15) is 18.1 Å². The molecule has 0 radical (unpaired) electrons. The zero-order chi connectivity index (χ0) is 20.2. The number of morpholine rings is 1. The van der Waals surface area contributed by atoms with E-state index in [0.29, 0.717) is 24.6 Å². The van der Waals surface area contributed by atoms with Crippen LogP contribution < -0.4 is 16.0 Å². The molecule has 1 atom stereocenters. The smallest absolute Gasteiger partial charge is 0.221 e. The first-order valence-corrected chi connectivity index (χ1v) is 9.73. The van der Waals surface area contributed by atoms with Gasteiger partial charge in [-0.1, -0.05) is 48.5 Å². The lowest BCUT2D eigenvalue weighted by molar-refractivity contribution is -0.118. The van der Waals surface area contributed by atoms with E-state index in [4.69, 9.17) is 9.47 Å². The molecule has 150 valence electrons. The molecule has 0 saturated carbocycles. The molecular weight excluding hydrogens is 366 g/mol. The number of fused-ring (bicyclic) bond motifs is 1. The molecule has 6 heteroatoms. The molecule has 3 N–H and O–H groups in total. The quantitative estimate of drug-likeness (QED) is 0.748. The van der Waals surface area contributed by atoms with Gasteiger partial charge in [0, 0.05) is 42.4 Å². The second-order valence-electron chi connectivity index (χ2n) is 6.98. The van der Waals surface area contributed by atoms with Gasteiger partial charge in [0.2, 0.25) is 5.91 Å². The number of methoxy groups -OCH3 is 1. The third-order valence-electron chi connectivity index (χ3n) is 5.02. The second kappa shape index (κ2) is 8.51. The first-order valence-electron chi connectivity index (χ1n) is 9.73. The summed E-state index contributed by atoms with van der Waals surface area (Å²) in [6.45, 7) is 3.57. The van der Waals surface area contributed by atoms with Gasteiger partial charge in [0.25, 0.3) is 0 Å². The van der Waals surface area contributed by atoms with Gasteiger partial charge in [0.05, 0.1) is 31.2 Å². The zero-order valence-electron chi connectivity index (χ0n) is 16.6. The molecule has 2 aliphatic heterocycles. The number of amides is 1. The maximum Gasteiger partial charge on any atom is 0.221 e. The van der Waals surface area contributed by atoms with E-state index in [1.165, 1.54) is 6.92 Å². The molecular formula is C23H25N3O3. The second-order valence-corrected chi connectivity index (χ2v) is 6.98. The minimum atomic E-state index is -0.214. The van der Waals surface area contributed by atoms with E-state index >= 15 is 0 Å². The molecule has 0 spiro atoms. The van der Waals surface area contributed by atoms with Crippen LogP contribution in [-0.2, 0) is 14.3 Å². The molecule has 2 aromatic carbocycles. The van der Waals surface area contributed by atoms with Crippen LogP contribution in [0.3, 0.4) is 0 Å². The summed E-state index contributed by atoms with van der Waals surface area (Å²) in [6, 6.07) is 18.0. The number of ether oxygens (including phenoxy) is 2. The molecule has 1 unspecified atom stereocenters. The predicted octanol–water partition coefficient (Wildman–Crippen LogP) is 2.96. The molecule has 2 aromatic rings. The van der Waals surface area contributed by atoms with E-state index in [9.17, 15) is 4.79 Å². The van der Waals surface area contributed by atoms with Gasteiger partial charge >= 0.3 is 0 Å². The highest BCUT2D eigenvalue weighted by molar-refractivity contribution is 5.95. The molecule has 1 amide bonds. The molecule has 6 nitrogen and oxygen atoms in total. The highest BCUT2D eigenvalue weighted by Crippen LogP contribution is 2.39. The summed E-state index contributed by atoms with van der Waals surface area (Å²) in [5, 5.41) is 9.94. The van der Waals surface area contributed by atoms with E-state index in [2.05, 4.69) is 16.0 Å². The Morgan fingerprint density at radius 2 is 1.90 bits per heavy atom. The number of benzene rings is 2. The number of hydrogen-bond acceptors (Lipinski definition) is 5. The summed E-state index contributed by atoms with van der Waals surface area (Å²) in [6.07, 6.45) is -0.214. The van der Waals surface area contributed by atoms with E-state index in [1.54, 1.807) is 7.11 Å². The summed E-state index contributed by atoms with van der Waals surface area (Å²) >= 11 is 0. The van der Waals surface area contributed by atoms with Crippen molar-refractivity contribution in [3.05, 3.63) is 77.2 Å². The van der Waals surface area contributed by atoms with Crippen molar-refractivity contribution in [1.82, 2.24) is 10.6 Å². The highest BCUT2D eigenvalue weighted by atomic mass is 16.5. The zero-order valence-corrected chi connectivity index (χ0v) is 16.6. The van der Waals surface area contributed by atoms with Crippen molar-refractivity contribution < 1.29 is 14.3 Å². The average molecular weight is 391 g/mol. The molecule has 0 aromatic heterocycles. The van der Waals surface area contributed by atoms with Gasteiger partial charge in [-0.3, -0.25) is 4.79 Å². The number of nitrogens with one attached hydrogen (secondary N) is 3. The van der Waals surface area contributed by atoms with Gasteiger partial charge in [-0.15, -0.1) is 0 Å². The number of rotatable bonds is 4. The molecule has 1 fully saturated rings. The lowest BCUT2D eigenvalue weighted by atomic mass is 9.95. The minimum Gasteiger partial charge on any atom is -0.492 e. The van der Waals surface area contributed by atoms with E-state index in [-0.39, 0.29) is 12.0 Å². The van der Waals surface area contributed by atoms with Gasteiger partial charge < -0.3 is 25.4 Å². The average Bonchev–Trinajstić information content (AvgIpc) is 2.88. The van der Waals surface area contributed by atoms with Crippen molar-refractivity contribution in [2.75, 3.05) is 32.1 Å². The Morgan fingerprint density at radius 3 is 2.59 bits per heavy atom. The fourth-order valence-corrected chi connectivity index (χ4v) is 3.80. The number of carbonyl (C=O) groups excluding carboxylic acids is 1. The van der Waals surface area contributed by atoms with Gasteiger partial charge in [0.15, 0.2) is 5.76 Å². The Morgan fingerprint density at radius 1 is 1.14 bits per heavy atom. The number of hydrogen-bond donors (Lipinski definition) is 3. The lowest BCUT2D eigenvalue weighted by Crippen LogP contribution is -2.40. The van der Waals surface area contributed by atoms with Gasteiger partial charge in [0.1, 0.15) is 0 Å². The molecule has 0 bridgehead atoms. The Bertz CT molecular complexity index is 960. The normalized spacial score (nSPS) is 19.2. The van der Waals surface area contributed by atoms with Crippen LogP contribution in [0.4, 0.5) is 5.69 Å². The number of anilines is 1. The van der Waals surface area contributed by atoms with Crippen LogP contribution in [0, 0.1) is 0 Å². The first kappa shape index (κ1) is 19.2. The van der Waals surface area contributed by atoms with Gasteiger partial charge in [-0.2, -0.15) is 0 Å². The molecule has 4 rings (SSSR count). The molecule has 2 heterocycles. The van der Waals surface area contributed by atoms with Crippen molar-refractivity contribution in [1.29, 1.82) is 0 Å². The lowest BCUT2D eigenvalue weighted by Gasteiger charge is -2.28. The first-order chi connectivity index (χ1) is 14.2. The summed E-state index contributed by atoms with van der Waals surface area (Å²) in [4.78, 5) is 12.2.